The minimum Gasteiger partial charge on any atom is -0.460 e. The summed E-state index contributed by atoms with van der Waals surface area (Å²) in [6, 6.07) is 0. The van der Waals surface area contributed by atoms with Crippen LogP contribution < -0.4 is 0 Å². The van der Waals surface area contributed by atoms with Crippen molar-refractivity contribution < 1.29 is 19.0 Å². The fourth-order valence-corrected chi connectivity index (χ4v) is 2.73. The highest BCUT2D eigenvalue weighted by molar-refractivity contribution is 6.33. The van der Waals surface area contributed by atoms with Crippen molar-refractivity contribution in [3.05, 3.63) is 17.8 Å². The van der Waals surface area contributed by atoms with Crippen LogP contribution in [0.4, 0.5) is 0 Å². The van der Waals surface area contributed by atoms with Gasteiger partial charge in [0, 0.05) is 20.5 Å². The molecule has 1 aliphatic rings. The van der Waals surface area contributed by atoms with Gasteiger partial charge in [0.2, 0.25) is 0 Å². The zero-order chi connectivity index (χ0) is 15.7. The van der Waals surface area contributed by atoms with Crippen LogP contribution >= 0.6 is 11.6 Å². The van der Waals surface area contributed by atoms with Crippen LogP contribution in [-0.4, -0.2) is 51.4 Å². The average Bonchev–Trinajstić information content (AvgIpc) is 3.04. The van der Waals surface area contributed by atoms with Crippen LogP contribution in [0.1, 0.15) is 19.6 Å². The standard InChI is InChI=1S/C13H15ClN4O4/c1-7(19)21-8-3-10(22-9(8)4-20-2)18-6-17-11-12(14)15-5-16-13(11)18/h5-6,8-10H,3-4H2,1-2H3/t8-,9-,10-/m1/s1. The monoisotopic (exact) mass is 326 g/mol. The van der Waals surface area contributed by atoms with Crippen molar-refractivity contribution in [1.29, 1.82) is 0 Å². The number of ether oxygens (including phenoxy) is 3. The SMILES string of the molecule is COC[C@H]1O[C@@H](n2cnc3c(Cl)ncnc32)C[C@H]1OC(C)=O. The summed E-state index contributed by atoms with van der Waals surface area (Å²) in [5, 5.41) is 0.284. The van der Waals surface area contributed by atoms with E-state index in [4.69, 9.17) is 25.8 Å². The first-order valence-electron chi connectivity index (χ1n) is 6.74. The Hall–Kier alpha value is -1.77. The Kier molecular flexibility index (Phi) is 4.23. The smallest absolute Gasteiger partial charge is 0.302 e. The molecule has 0 spiro atoms. The van der Waals surface area contributed by atoms with Gasteiger partial charge in [-0.15, -0.1) is 0 Å². The highest BCUT2D eigenvalue weighted by Crippen LogP contribution is 2.33. The van der Waals surface area contributed by atoms with Crippen LogP contribution in [0.3, 0.4) is 0 Å². The summed E-state index contributed by atoms with van der Waals surface area (Å²) >= 11 is 6.00. The topological polar surface area (TPSA) is 88.4 Å². The fourth-order valence-electron chi connectivity index (χ4n) is 2.56. The Morgan fingerprint density at radius 1 is 1.50 bits per heavy atom. The zero-order valence-electron chi connectivity index (χ0n) is 12.1. The molecule has 3 atom stereocenters. The van der Waals surface area contributed by atoms with Gasteiger partial charge in [-0.25, -0.2) is 15.0 Å². The Balaban J connectivity index is 1.88. The van der Waals surface area contributed by atoms with Crippen LogP contribution in [0, 0.1) is 0 Å². The highest BCUT2D eigenvalue weighted by atomic mass is 35.5. The third-order valence-electron chi connectivity index (χ3n) is 3.45. The van der Waals surface area contributed by atoms with E-state index in [1.165, 1.54) is 13.3 Å². The van der Waals surface area contributed by atoms with Crippen molar-refractivity contribution >= 4 is 28.7 Å². The summed E-state index contributed by atoms with van der Waals surface area (Å²) in [5.74, 6) is -0.351. The van der Waals surface area contributed by atoms with E-state index < -0.39 is 0 Å². The van der Waals surface area contributed by atoms with Crippen molar-refractivity contribution in [3.63, 3.8) is 0 Å². The molecule has 2 aromatic heterocycles. The zero-order valence-corrected chi connectivity index (χ0v) is 12.9. The van der Waals surface area contributed by atoms with Gasteiger partial charge in [-0.3, -0.25) is 9.36 Å². The number of imidazole rings is 1. The van der Waals surface area contributed by atoms with E-state index in [1.807, 2.05) is 0 Å². The summed E-state index contributed by atoms with van der Waals surface area (Å²) < 4.78 is 18.1. The highest BCUT2D eigenvalue weighted by Gasteiger charge is 2.39. The van der Waals surface area contributed by atoms with E-state index >= 15 is 0 Å². The van der Waals surface area contributed by atoms with Gasteiger partial charge in [-0.1, -0.05) is 11.6 Å². The molecule has 0 amide bonds. The number of esters is 1. The van der Waals surface area contributed by atoms with Gasteiger partial charge in [0.1, 0.15) is 30.3 Å². The van der Waals surface area contributed by atoms with Gasteiger partial charge in [0.05, 0.1) is 12.9 Å². The quantitative estimate of drug-likeness (QED) is 0.619. The summed E-state index contributed by atoms with van der Waals surface area (Å²) in [5.41, 5.74) is 1.08. The molecule has 0 saturated carbocycles. The van der Waals surface area contributed by atoms with Gasteiger partial charge in [0.15, 0.2) is 10.8 Å². The van der Waals surface area contributed by atoms with Gasteiger partial charge in [0.25, 0.3) is 0 Å². The fraction of sp³-hybridized carbons (Fsp3) is 0.538. The maximum Gasteiger partial charge on any atom is 0.302 e. The Morgan fingerprint density at radius 2 is 2.32 bits per heavy atom. The predicted molar refractivity (Wildman–Crippen MR) is 76.3 cm³/mol. The van der Waals surface area contributed by atoms with Crippen molar-refractivity contribution in [2.45, 2.75) is 31.8 Å². The van der Waals surface area contributed by atoms with Crippen LogP contribution in [0.2, 0.25) is 5.15 Å². The molecule has 0 aromatic carbocycles. The summed E-state index contributed by atoms with van der Waals surface area (Å²) in [4.78, 5) is 23.5. The number of rotatable bonds is 4. The lowest BCUT2D eigenvalue weighted by Crippen LogP contribution is -2.30. The summed E-state index contributed by atoms with van der Waals surface area (Å²) in [6.45, 7) is 1.70. The molecule has 3 rings (SSSR count). The molecule has 1 fully saturated rings. The number of carbonyl (C=O) groups is 1. The minimum absolute atomic E-state index is 0.284. The second-order valence-corrected chi connectivity index (χ2v) is 5.31. The van der Waals surface area contributed by atoms with E-state index in [1.54, 1.807) is 18.0 Å². The number of aromatic nitrogens is 4. The number of nitrogens with zero attached hydrogens (tertiary/aromatic N) is 4. The molecule has 0 radical (unpaired) electrons. The molecule has 2 aromatic rings. The third-order valence-corrected chi connectivity index (χ3v) is 3.73. The second-order valence-electron chi connectivity index (χ2n) is 4.96. The van der Waals surface area contributed by atoms with E-state index in [9.17, 15) is 4.79 Å². The number of carbonyl (C=O) groups excluding carboxylic acids is 1. The first-order chi connectivity index (χ1) is 10.6. The number of fused-ring (bicyclic) bond motifs is 1. The Labute approximate surface area is 131 Å². The second kappa shape index (κ2) is 6.15. The Morgan fingerprint density at radius 3 is 3.05 bits per heavy atom. The number of hydrogen-bond donors (Lipinski definition) is 0. The molecule has 1 saturated heterocycles. The first-order valence-corrected chi connectivity index (χ1v) is 7.12. The largest absolute Gasteiger partial charge is 0.460 e. The lowest BCUT2D eigenvalue weighted by Gasteiger charge is -2.17. The van der Waals surface area contributed by atoms with E-state index in [-0.39, 0.29) is 29.6 Å². The van der Waals surface area contributed by atoms with Gasteiger partial charge < -0.3 is 14.2 Å². The van der Waals surface area contributed by atoms with Crippen molar-refractivity contribution in [2.24, 2.45) is 0 Å². The van der Waals surface area contributed by atoms with Crippen molar-refractivity contribution in [3.8, 4) is 0 Å². The van der Waals surface area contributed by atoms with Crippen LogP contribution in [0.15, 0.2) is 12.7 Å². The lowest BCUT2D eigenvalue weighted by molar-refractivity contribution is -0.150. The molecule has 9 heteroatoms. The van der Waals surface area contributed by atoms with E-state index in [2.05, 4.69) is 15.0 Å². The van der Waals surface area contributed by atoms with Gasteiger partial charge >= 0.3 is 5.97 Å². The molecular formula is C13H15ClN4O4. The van der Waals surface area contributed by atoms with Crippen LogP contribution in [0.5, 0.6) is 0 Å². The molecule has 0 bridgehead atoms. The molecule has 0 unspecified atom stereocenters. The summed E-state index contributed by atoms with van der Waals surface area (Å²) in [6.07, 6.45) is 2.37. The number of halogens is 1. The average molecular weight is 327 g/mol. The molecule has 8 nitrogen and oxygen atoms in total. The molecule has 0 N–H and O–H groups in total. The van der Waals surface area contributed by atoms with Gasteiger partial charge in [-0.05, 0) is 0 Å². The van der Waals surface area contributed by atoms with Gasteiger partial charge in [-0.2, -0.15) is 0 Å². The van der Waals surface area contributed by atoms with E-state index in [0.717, 1.165) is 0 Å². The van der Waals surface area contributed by atoms with Crippen LogP contribution in [-0.2, 0) is 19.0 Å². The van der Waals surface area contributed by atoms with Crippen LogP contribution in [0.25, 0.3) is 11.2 Å². The first kappa shape index (κ1) is 15.1. The predicted octanol–water partition coefficient (Wildman–Crippen LogP) is 1.35. The third kappa shape index (κ3) is 2.77. The van der Waals surface area contributed by atoms with E-state index in [0.29, 0.717) is 24.2 Å². The summed E-state index contributed by atoms with van der Waals surface area (Å²) in [7, 11) is 1.57. The normalized spacial score (nSPS) is 24.8. The van der Waals surface area contributed by atoms with Crippen molar-refractivity contribution in [1.82, 2.24) is 19.5 Å². The molecule has 118 valence electrons. The number of methoxy groups -OCH3 is 1. The molecular weight excluding hydrogens is 312 g/mol. The molecule has 1 aliphatic heterocycles. The minimum atomic E-state index is -0.378. The Bertz CT molecular complexity index is 692. The lowest BCUT2D eigenvalue weighted by atomic mass is 10.2. The van der Waals surface area contributed by atoms with Crippen molar-refractivity contribution in [2.75, 3.05) is 13.7 Å². The maximum atomic E-state index is 11.2. The molecule has 0 aliphatic carbocycles. The molecule has 22 heavy (non-hydrogen) atoms. The number of hydrogen-bond acceptors (Lipinski definition) is 7. The molecule has 3 heterocycles. The maximum absolute atomic E-state index is 11.2.